The summed E-state index contributed by atoms with van der Waals surface area (Å²) in [6.45, 7) is 0. The molecule has 1 aromatic carbocycles. The van der Waals surface area contributed by atoms with E-state index in [0.29, 0.717) is 11.5 Å². The van der Waals surface area contributed by atoms with E-state index in [1.54, 1.807) is 0 Å². The molecule has 2 saturated carbocycles. The quantitative estimate of drug-likeness (QED) is 0.476. The molecule has 5 heteroatoms. The Kier molecular flexibility index (Phi) is 2.97. The summed E-state index contributed by atoms with van der Waals surface area (Å²) in [6.07, 6.45) is 4.61. The Bertz CT molecular complexity index is 511. The summed E-state index contributed by atoms with van der Waals surface area (Å²) in [5.74, 6) is 0.874. The number of nitrogens with zero attached hydrogens (tertiary/aromatic N) is 1. The fourth-order valence-electron chi connectivity index (χ4n) is 3.26. The van der Waals surface area contributed by atoms with Crippen molar-refractivity contribution < 1.29 is 14.5 Å². The molecule has 0 unspecified atom stereocenters. The van der Waals surface area contributed by atoms with Crippen LogP contribution in [0.15, 0.2) is 24.3 Å². The first kappa shape index (κ1) is 12.1. The highest BCUT2D eigenvalue weighted by atomic mass is 16.6. The summed E-state index contributed by atoms with van der Waals surface area (Å²) in [5, 5.41) is 10.5. The number of nitro groups is 1. The van der Waals surface area contributed by atoms with E-state index in [-0.39, 0.29) is 17.8 Å². The molecule has 0 heterocycles. The van der Waals surface area contributed by atoms with Crippen LogP contribution in [-0.4, -0.2) is 17.0 Å². The van der Waals surface area contributed by atoms with E-state index in [1.807, 2.05) is 0 Å². The first-order valence-corrected chi connectivity index (χ1v) is 6.59. The molecule has 5 nitrogen and oxygen atoms in total. The minimum absolute atomic E-state index is 0.0172. The molecule has 0 spiro atoms. The number of esters is 1. The van der Waals surface area contributed by atoms with E-state index in [0.717, 1.165) is 18.8 Å². The van der Waals surface area contributed by atoms with Gasteiger partial charge in [0.15, 0.2) is 0 Å². The molecule has 3 atom stereocenters. The number of non-ortho nitro benzene ring substituents is 1. The third-order valence-electron chi connectivity index (χ3n) is 4.25. The van der Waals surface area contributed by atoms with Gasteiger partial charge in [-0.3, -0.25) is 10.1 Å². The van der Waals surface area contributed by atoms with Gasteiger partial charge in [0.2, 0.25) is 0 Å². The monoisotopic (exact) mass is 261 g/mol. The number of carbonyl (C=O) groups excluding carboxylic acids is 1. The molecular weight excluding hydrogens is 246 g/mol. The number of hydrogen-bond donors (Lipinski definition) is 0. The van der Waals surface area contributed by atoms with Crippen molar-refractivity contribution in [1.82, 2.24) is 0 Å². The van der Waals surface area contributed by atoms with E-state index >= 15 is 0 Å². The van der Waals surface area contributed by atoms with Crippen molar-refractivity contribution in [2.24, 2.45) is 11.8 Å². The second-order valence-corrected chi connectivity index (χ2v) is 5.42. The van der Waals surface area contributed by atoms with Gasteiger partial charge in [-0.25, -0.2) is 4.79 Å². The Balaban J connectivity index is 1.65. The molecular formula is C14H15NO4. The van der Waals surface area contributed by atoms with Crippen molar-refractivity contribution in [1.29, 1.82) is 0 Å². The largest absolute Gasteiger partial charge is 0.458 e. The second kappa shape index (κ2) is 4.64. The van der Waals surface area contributed by atoms with Crippen LogP contribution in [0.4, 0.5) is 5.69 Å². The van der Waals surface area contributed by atoms with Crippen molar-refractivity contribution in [3.8, 4) is 0 Å². The average Bonchev–Trinajstić information content (AvgIpc) is 3.01. The highest BCUT2D eigenvalue weighted by Crippen LogP contribution is 2.46. The van der Waals surface area contributed by atoms with Crippen molar-refractivity contribution in [3.63, 3.8) is 0 Å². The number of rotatable bonds is 3. The highest BCUT2D eigenvalue weighted by molar-refractivity contribution is 5.89. The van der Waals surface area contributed by atoms with Gasteiger partial charge in [0.1, 0.15) is 6.10 Å². The number of nitro benzene ring substituents is 1. The van der Waals surface area contributed by atoms with E-state index in [9.17, 15) is 14.9 Å². The van der Waals surface area contributed by atoms with Crippen LogP contribution in [0.3, 0.4) is 0 Å². The molecule has 100 valence electrons. The summed E-state index contributed by atoms with van der Waals surface area (Å²) < 4.78 is 5.52. The highest BCUT2D eigenvalue weighted by Gasteiger charge is 2.41. The molecule has 0 aliphatic heterocycles. The van der Waals surface area contributed by atoms with Crippen LogP contribution < -0.4 is 0 Å². The standard InChI is InChI=1S/C14H15NO4/c16-14(10-3-5-12(6-4-10)15(17)18)19-13-8-9-1-2-11(13)7-9/h3-6,9,11,13H,1-2,7-8H2/t9-,11+,13+/m1/s1. The molecule has 0 N–H and O–H groups in total. The van der Waals surface area contributed by atoms with Gasteiger partial charge in [0, 0.05) is 12.1 Å². The van der Waals surface area contributed by atoms with Gasteiger partial charge in [-0.2, -0.15) is 0 Å². The molecule has 0 saturated heterocycles. The van der Waals surface area contributed by atoms with Crippen LogP contribution in [0.1, 0.15) is 36.0 Å². The maximum atomic E-state index is 12.0. The molecule has 0 radical (unpaired) electrons. The first-order chi connectivity index (χ1) is 9.13. The summed E-state index contributed by atoms with van der Waals surface area (Å²) in [6, 6.07) is 5.57. The zero-order valence-electron chi connectivity index (χ0n) is 10.5. The first-order valence-electron chi connectivity index (χ1n) is 6.59. The Morgan fingerprint density at radius 1 is 1.21 bits per heavy atom. The van der Waals surface area contributed by atoms with Crippen molar-refractivity contribution in [2.75, 3.05) is 0 Å². The lowest BCUT2D eigenvalue weighted by molar-refractivity contribution is -0.384. The SMILES string of the molecule is O=C(O[C@H]1C[C@@H]2CC[C@H]1C2)c1ccc([N+](=O)[O-])cc1. The molecule has 0 amide bonds. The fourth-order valence-corrected chi connectivity index (χ4v) is 3.26. The summed E-state index contributed by atoms with van der Waals surface area (Å²) >= 11 is 0. The Hall–Kier alpha value is -1.91. The van der Waals surface area contributed by atoms with E-state index < -0.39 is 4.92 Å². The Morgan fingerprint density at radius 2 is 1.95 bits per heavy atom. The fraction of sp³-hybridized carbons (Fsp3) is 0.500. The number of benzene rings is 1. The maximum absolute atomic E-state index is 12.0. The number of hydrogen-bond acceptors (Lipinski definition) is 4. The summed E-state index contributed by atoms with van der Waals surface area (Å²) in [7, 11) is 0. The molecule has 3 rings (SSSR count). The van der Waals surface area contributed by atoms with Crippen LogP contribution in [0.25, 0.3) is 0 Å². The third-order valence-corrected chi connectivity index (χ3v) is 4.25. The Labute approximate surface area is 110 Å². The van der Waals surface area contributed by atoms with E-state index in [4.69, 9.17) is 4.74 Å². The Morgan fingerprint density at radius 3 is 2.47 bits per heavy atom. The molecule has 0 aromatic heterocycles. The van der Waals surface area contributed by atoms with Gasteiger partial charge < -0.3 is 4.74 Å². The predicted molar refractivity (Wildman–Crippen MR) is 67.7 cm³/mol. The van der Waals surface area contributed by atoms with Crippen LogP contribution in [0.2, 0.25) is 0 Å². The lowest BCUT2D eigenvalue weighted by Crippen LogP contribution is -2.24. The third kappa shape index (κ3) is 2.32. The number of fused-ring (bicyclic) bond motifs is 2. The topological polar surface area (TPSA) is 69.4 Å². The molecule has 1 aromatic rings. The van der Waals surface area contributed by atoms with Crippen LogP contribution >= 0.6 is 0 Å². The molecule has 2 aliphatic carbocycles. The average molecular weight is 261 g/mol. The molecule has 2 aliphatic rings. The molecule has 2 fully saturated rings. The van der Waals surface area contributed by atoms with Gasteiger partial charge in [-0.1, -0.05) is 0 Å². The molecule has 2 bridgehead atoms. The lowest BCUT2D eigenvalue weighted by Gasteiger charge is -2.21. The van der Waals surface area contributed by atoms with Crippen molar-refractivity contribution in [2.45, 2.75) is 31.8 Å². The maximum Gasteiger partial charge on any atom is 0.338 e. The van der Waals surface area contributed by atoms with Crippen LogP contribution in [0.5, 0.6) is 0 Å². The van der Waals surface area contributed by atoms with Gasteiger partial charge in [-0.15, -0.1) is 0 Å². The lowest BCUT2D eigenvalue weighted by atomic mass is 9.98. The minimum Gasteiger partial charge on any atom is -0.458 e. The van der Waals surface area contributed by atoms with Gasteiger partial charge >= 0.3 is 5.97 Å². The van der Waals surface area contributed by atoms with E-state index in [1.165, 1.54) is 37.1 Å². The zero-order chi connectivity index (χ0) is 13.4. The number of ether oxygens (including phenoxy) is 1. The van der Waals surface area contributed by atoms with Gasteiger partial charge in [-0.05, 0) is 49.7 Å². The molecule has 19 heavy (non-hydrogen) atoms. The van der Waals surface area contributed by atoms with Crippen LogP contribution in [-0.2, 0) is 4.74 Å². The zero-order valence-corrected chi connectivity index (χ0v) is 10.5. The van der Waals surface area contributed by atoms with E-state index in [2.05, 4.69) is 0 Å². The number of carbonyl (C=O) groups is 1. The van der Waals surface area contributed by atoms with Crippen molar-refractivity contribution in [3.05, 3.63) is 39.9 Å². The van der Waals surface area contributed by atoms with Crippen molar-refractivity contribution >= 4 is 11.7 Å². The van der Waals surface area contributed by atoms with Gasteiger partial charge in [0.05, 0.1) is 10.5 Å². The normalized spacial score (nSPS) is 28.3. The van der Waals surface area contributed by atoms with Gasteiger partial charge in [0.25, 0.3) is 5.69 Å². The predicted octanol–water partition coefficient (Wildman–Crippen LogP) is 2.94. The smallest absolute Gasteiger partial charge is 0.338 e. The minimum atomic E-state index is -0.481. The summed E-state index contributed by atoms with van der Waals surface area (Å²) in [5.41, 5.74) is 0.366. The second-order valence-electron chi connectivity index (χ2n) is 5.42. The van der Waals surface area contributed by atoms with Crippen LogP contribution in [0, 0.1) is 22.0 Å². The summed E-state index contributed by atoms with van der Waals surface area (Å²) in [4.78, 5) is 22.0.